The molecular weight excluding hydrogens is 290 g/mol. The summed E-state index contributed by atoms with van der Waals surface area (Å²) in [7, 11) is 0.322. The molecule has 1 aliphatic heterocycles. The third kappa shape index (κ3) is 4.01. The SMILES string of the molecule is CCS(=O)(=O)Nc1cc(N2CCN(C)CC2)ccc1OC. The van der Waals surface area contributed by atoms with E-state index in [9.17, 15) is 8.42 Å². The van der Waals surface area contributed by atoms with Gasteiger partial charge in [0.05, 0.1) is 18.6 Å². The van der Waals surface area contributed by atoms with Gasteiger partial charge in [-0.2, -0.15) is 0 Å². The maximum absolute atomic E-state index is 11.8. The summed E-state index contributed by atoms with van der Waals surface area (Å²) in [6.45, 7) is 5.48. The molecule has 1 aliphatic rings. The summed E-state index contributed by atoms with van der Waals surface area (Å²) in [4.78, 5) is 4.53. The molecule has 1 fully saturated rings. The summed E-state index contributed by atoms with van der Waals surface area (Å²) in [5, 5.41) is 0. The lowest BCUT2D eigenvalue weighted by atomic mass is 10.2. The number of rotatable bonds is 5. The highest BCUT2D eigenvalue weighted by Crippen LogP contribution is 2.30. The number of nitrogens with one attached hydrogen (secondary N) is 1. The standard InChI is InChI=1S/C14H23N3O3S/c1-4-21(18,19)15-13-11-12(5-6-14(13)20-3)17-9-7-16(2)8-10-17/h5-6,11,15H,4,7-10H2,1-3H3. The number of sulfonamides is 1. The van der Waals surface area contributed by atoms with E-state index in [0.29, 0.717) is 11.4 Å². The largest absolute Gasteiger partial charge is 0.495 e. The molecule has 1 heterocycles. The monoisotopic (exact) mass is 313 g/mol. The molecule has 0 radical (unpaired) electrons. The van der Waals surface area contributed by atoms with Gasteiger partial charge in [0.2, 0.25) is 10.0 Å². The number of methoxy groups -OCH3 is 1. The molecule has 0 aromatic heterocycles. The van der Waals surface area contributed by atoms with Gasteiger partial charge >= 0.3 is 0 Å². The Kier molecular flexibility index (Phi) is 4.95. The summed E-state index contributed by atoms with van der Waals surface area (Å²) >= 11 is 0. The molecule has 21 heavy (non-hydrogen) atoms. The van der Waals surface area contributed by atoms with Crippen molar-refractivity contribution in [3.8, 4) is 5.75 Å². The van der Waals surface area contributed by atoms with Gasteiger partial charge in [0.15, 0.2) is 0 Å². The summed E-state index contributed by atoms with van der Waals surface area (Å²) < 4.78 is 31.4. The fraction of sp³-hybridized carbons (Fsp3) is 0.571. The first-order chi connectivity index (χ1) is 9.95. The highest BCUT2D eigenvalue weighted by Gasteiger charge is 2.17. The van der Waals surface area contributed by atoms with Crippen molar-refractivity contribution in [3.05, 3.63) is 18.2 Å². The Labute approximate surface area is 126 Å². The van der Waals surface area contributed by atoms with Crippen LogP contribution in [0.3, 0.4) is 0 Å². The van der Waals surface area contributed by atoms with E-state index < -0.39 is 10.0 Å². The average Bonchev–Trinajstić information content (AvgIpc) is 2.47. The van der Waals surface area contributed by atoms with Crippen molar-refractivity contribution in [2.45, 2.75) is 6.92 Å². The lowest BCUT2D eigenvalue weighted by Gasteiger charge is -2.34. The lowest BCUT2D eigenvalue weighted by molar-refractivity contribution is 0.313. The van der Waals surface area contributed by atoms with Gasteiger partial charge in [-0.3, -0.25) is 4.72 Å². The second-order valence-electron chi connectivity index (χ2n) is 5.18. The molecule has 0 bridgehead atoms. The van der Waals surface area contributed by atoms with Crippen LogP contribution >= 0.6 is 0 Å². The first kappa shape index (κ1) is 15.9. The van der Waals surface area contributed by atoms with Crippen molar-refractivity contribution in [2.75, 3.05) is 55.7 Å². The van der Waals surface area contributed by atoms with Crippen molar-refractivity contribution in [2.24, 2.45) is 0 Å². The quantitative estimate of drug-likeness (QED) is 0.885. The van der Waals surface area contributed by atoms with Gasteiger partial charge in [-0.15, -0.1) is 0 Å². The lowest BCUT2D eigenvalue weighted by Crippen LogP contribution is -2.44. The second-order valence-corrected chi connectivity index (χ2v) is 7.19. The topological polar surface area (TPSA) is 61.9 Å². The Hall–Kier alpha value is -1.47. The van der Waals surface area contributed by atoms with Gasteiger partial charge in [0.1, 0.15) is 5.75 Å². The third-order valence-corrected chi connectivity index (χ3v) is 4.99. The number of hydrogen-bond acceptors (Lipinski definition) is 5. The van der Waals surface area contributed by atoms with Gasteiger partial charge in [-0.25, -0.2) is 8.42 Å². The minimum atomic E-state index is -3.32. The number of ether oxygens (including phenoxy) is 1. The van der Waals surface area contributed by atoms with Crippen LogP contribution in [0, 0.1) is 0 Å². The van der Waals surface area contributed by atoms with Gasteiger partial charge < -0.3 is 14.5 Å². The zero-order chi connectivity index (χ0) is 15.5. The van der Waals surface area contributed by atoms with Gasteiger partial charge in [0.25, 0.3) is 0 Å². The van der Waals surface area contributed by atoms with Crippen LogP contribution in [0.4, 0.5) is 11.4 Å². The smallest absolute Gasteiger partial charge is 0.232 e. The van der Waals surface area contributed by atoms with E-state index in [-0.39, 0.29) is 5.75 Å². The van der Waals surface area contributed by atoms with E-state index in [1.54, 1.807) is 13.0 Å². The molecule has 2 rings (SSSR count). The molecular formula is C14H23N3O3S. The Bertz CT molecular complexity index is 581. The van der Waals surface area contributed by atoms with Crippen molar-refractivity contribution in [3.63, 3.8) is 0 Å². The maximum atomic E-state index is 11.8. The summed E-state index contributed by atoms with van der Waals surface area (Å²) in [6.07, 6.45) is 0. The molecule has 1 aromatic rings. The minimum absolute atomic E-state index is 0.0366. The van der Waals surface area contributed by atoms with Crippen LogP contribution in [-0.4, -0.2) is 59.4 Å². The minimum Gasteiger partial charge on any atom is -0.495 e. The molecule has 0 spiro atoms. The summed E-state index contributed by atoms with van der Waals surface area (Å²) in [5.41, 5.74) is 1.51. The molecule has 1 aromatic carbocycles. The van der Waals surface area contributed by atoms with Crippen LogP contribution in [0.15, 0.2) is 18.2 Å². The predicted molar refractivity (Wildman–Crippen MR) is 85.8 cm³/mol. The van der Waals surface area contributed by atoms with Crippen molar-refractivity contribution in [1.29, 1.82) is 0 Å². The molecule has 0 unspecified atom stereocenters. The third-order valence-electron chi connectivity index (χ3n) is 3.70. The highest BCUT2D eigenvalue weighted by atomic mass is 32.2. The second kappa shape index (κ2) is 6.53. The number of hydrogen-bond donors (Lipinski definition) is 1. The van der Waals surface area contributed by atoms with Crippen LogP contribution in [0.5, 0.6) is 5.75 Å². The Morgan fingerprint density at radius 1 is 1.24 bits per heavy atom. The zero-order valence-electron chi connectivity index (χ0n) is 12.8. The van der Waals surface area contributed by atoms with Crippen LogP contribution in [0.2, 0.25) is 0 Å². The molecule has 118 valence electrons. The van der Waals surface area contributed by atoms with E-state index >= 15 is 0 Å². The van der Waals surface area contributed by atoms with Crippen molar-refractivity contribution >= 4 is 21.4 Å². The van der Waals surface area contributed by atoms with Crippen LogP contribution in [0.25, 0.3) is 0 Å². The molecule has 0 aliphatic carbocycles. The van der Waals surface area contributed by atoms with Crippen LogP contribution < -0.4 is 14.4 Å². The van der Waals surface area contributed by atoms with Gasteiger partial charge in [0, 0.05) is 31.9 Å². The molecule has 1 N–H and O–H groups in total. The molecule has 0 amide bonds. The van der Waals surface area contributed by atoms with E-state index in [2.05, 4.69) is 21.6 Å². The first-order valence-corrected chi connectivity index (χ1v) is 8.72. The maximum Gasteiger partial charge on any atom is 0.232 e. The molecule has 0 atom stereocenters. The zero-order valence-corrected chi connectivity index (χ0v) is 13.6. The number of likely N-dealkylation sites (N-methyl/N-ethyl adjacent to an activating group) is 1. The summed E-state index contributed by atoms with van der Waals surface area (Å²) in [6, 6.07) is 5.62. The summed E-state index contributed by atoms with van der Waals surface area (Å²) in [5.74, 6) is 0.569. The number of piperazine rings is 1. The Balaban J connectivity index is 2.25. The van der Waals surface area contributed by atoms with Gasteiger partial charge in [-0.05, 0) is 32.2 Å². The normalized spacial score (nSPS) is 16.8. The van der Waals surface area contributed by atoms with E-state index in [1.165, 1.54) is 7.11 Å². The highest BCUT2D eigenvalue weighted by molar-refractivity contribution is 7.92. The van der Waals surface area contributed by atoms with Gasteiger partial charge in [-0.1, -0.05) is 0 Å². The first-order valence-electron chi connectivity index (χ1n) is 7.07. The number of nitrogens with zero attached hydrogens (tertiary/aromatic N) is 2. The van der Waals surface area contributed by atoms with E-state index in [1.807, 2.05) is 12.1 Å². The predicted octanol–water partition coefficient (Wildman–Crippen LogP) is 1.21. The average molecular weight is 313 g/mol. The number of benzene rings is 1. The van der Waals surface area contributed by atoms with Crippen molar-refractivity contribution in [1.82, 2.24) is 4.90 Å². The Morgan fingerprint density at radius 3 is 2.48 bits per heavy atom. The Morgan fingerprint density at radius 2 is 1.90 bits per heavy atom. The van der Waals surface area contributed by atoms with Crippen molar-refractivity contribution < 1.29 is 13.2 Å². The molecule has 7 heteroatoms. The molecule has 1 saturated heterocycles. The van der Waals surface area contributed by atoms with E-state index in [0.717, 1.165) is 31.9 Å². The molecule has 0 saturated carbocycles. The fourth-order valence-corrected chi connectivity index (χ4v) is 2.92. The van der Waals surface area contributed by atoms with Crippen LogP contribution in [-0.2, 0) is 10.0 Å². The van der Waals surface area contributed by atoms with E-state index in [4.69, 9.17) is 4.74 Å². The fourth-order valence-electron chi connectivity index (χ4n) is 2.28. The van der Waals surface area contributed by atoms with Crippen LogP contribution in [0.1, 0.15) is 6.92 Å². The number of anilines is 2. The molecule has 6 nitrogen and oxygen atoms in total.